The van der Waals surface area contributed by atoms with Crippen LogP contribution in [0.2, 0.25) is 0 Å². The highest BCUT2D eigenvalue weighted by molar-refractivity contribution is 8.01. The Morgan fingerprint density at radius 1 is 1.80 bits per heavy atom. The molecular formula is C9H15N3OS2. The molecule has 1 aliphatic carbocycles. The predicted octanol–water partition coefficient (Wildman–Crippen LogP) is 1.13. The summed E-state index contributed by atoms with van der Waals surface area (Å²) in [4.78, 5) is 4.17. The van der Waals surface area contributed by atoms with Crippen molar-refractivity contribution in [2.75, 3.05) is 13.7 Å². The van der Waals surface area contributed by atoms with Crippen molar-refractivity contribution in [3.63, 3.8) is 0 Å². The first-order chi connectivity index (χ1) is 7.28. The van der Waals surface area contributed by atoms with E-state index >= 15 is 0 Å². The van der Waals surface area contributed by atoms with Crippen molar-refractivity contribution in [2.24, 2.45) is 0 Å². The third kappa shape index (κ3) is 2.50. The van der Waals surface area contributed by atoms with E-state index in [0.29, 0.717) is 5.25 Å². The Hall–Kier alpha value is -0.170. The molecule has 1 fully saturated rings. The number of nitrogens with one attached hydrogen (secondary N) is 1. The number of nitrogens with zero attached hydrogens (tertiary/aromatic N) is 2. The van der Waals surface area contributed by atoms with Crippen LogP contribution >= 0.6 is 23.3 Å². The molecule has 0 aromatic carbocycles. The Morgan fingerprint density at radius 3 is 3.20 bits per heavy atom. The minimum atomic E-state index is -0.0671. The van der Waals surface area contributed by atoms with Gasteiger partial charge in [0.15, 0.2) is 4.34 Å². The van der Waals surface area contributed by atoms with Gasteiger partial charge in [-0.1, -0.05) is 11.8 Å². The number of rotatable bonds is 4. The van der Waals surface area contributed by atoms with Gasteiger partial charge in [-0.15, -0.1) is 0 Å². The maximum absolute atomic E-state index is 9.36. The summed E-state index contributed by atoms with van der Waals surface area (Å²) in [6, 6.07) is 0. The van der Waals surface area contributed by atoms with E-state index in [1.165, 1.54) is 11.5 Å². The predicted molar refractivity (Wildman–Crippen MR) is 62.3 cm³/mol. The molecule has 2 N–H and O–H groups in total. The number of hydrogen-bond acceptors (Lipinski definition) is 6. The number of hydrogen-bond donors (Lipinski definition) is 2. The Labute approximate surface area is 97.7 Å². The van der Waals surface area contributed by atoms with Gasteiger partial charge >= 0.3 is 0 Å². The van der Waals surface area contributed by atoms with Crippen LogP contribution in [0.25, 0.3) is 0 Å². The van der Waals surface area contributed by atoms with E-state index in [0.717, 1.165) is 23.6 Å². The van der Waals surface area contributed by atoms with Crippen molar-refractivity contribution in [3.8, 4) is 0 Å². The van der Waals surface area contributed by atoms with Crippen molar-refractivity contribution in [3.05, 3.63) is 6.33 Å². The summed E-state index contributed by atoms with van der Waals surface area (Å²) in [7, 11) is 1.92. The van der Waals surface area contributed by atoms with Crippen LogP contribution in [0.4, 0.5) is 0 Å². The summed E-state index contributed by atoms with van der Waals surface area (Å²) in [5, 5.41) is 13.2. The van der Waals surface area contributed by atoms with E-state index in [4.69, 9.17) is 0 Å². The quantitative estimate of drug-likeness (QED) is 0.833. The number of likely N-dealkylation sites (N-methyl/N-ethyl adjacent to an activating group) is 1. The van der Waals surface area contributed by atoms with Crippen LogP contribution in [0.3, 0.4) is 0 Å². The minimum Gasteiger partial charge on any atom is -0.394 e. The first-order valence-electron chi connectivity index (χ1n) is 5.01. The monoisotopic (exact) mass is 245 g/mol. The van der Waals surface area contributed by atoms with Gasteiger partial charge in [-0.05, 0) is 37.8 Å². The lowest BCUT2D eigenvalue weighted by atomic mass is 10.00. The first-order valence-corrected chi connectivity index (χ1v) is 6.66. The van der Waals surface area contributed by atoms with Crippen molar-refractivity contribution < 1.29 is 5.11 Å². The van der Waals surface area contributed by atoms with Crippen LogP contribution in [0, 0.1) is 0 Å². The molecule has 0 amide bonds. The van der Waals surface area contributed by atoms with Gasteiger partial charge in [0.2, 0.25) is 0 Å². The fourth-order valence-corrected chi connectivity index (χ4v) is 4.00. The second-order valence-electron chi connectivity index (χ2n) is 3.88. The summed E-state index contributed by atoms with van der Waals surface area (Å²) in [6.45, 7) is 0.219. The lowest BCUT2D eigenvalue weighted by Crippen LogP contribution is -2.44. The molecule has 1 saturated carbocycles. The Kier molecular flexibility index (Phi) is 3.60. The maximum Gasteiger partial charge on any atom is 0.170 e. The van der Waals surface area contributed by atoms with Crippen molar-refractivity contribution >= 4 is 23.3 Å². The highest BCUT2D eigenvalue weighted by Crippen LogP contribution is 2.39. The molecule has 1 aliphatic rings. The standard InChI is InChI=1S/C9H15N3OS2/c1-10-9(5-13)3-2-7(4-9)14-8-11-6-12-15-8/h6-7,10,13H,2-5H2,1H3. The SMILES string of the molecule is CNC1(CO)CCC(Sc2ncns2)C1. The molecular weight excluding hydrogens is 230 g/mol. The lowest BCUT2D eigenvalue weighted by Gasteiger charge is -2.26. The Morgan fingerprint density at radius 2 is 2.67 bits per heavy atom. The molecule has 2 atom stereocenters. The number of aliphatic hydroxyl groups is 1. The molecule has 0 bridgehead atoms. The molecule has 0 saturated heterocycles. The van der Waals surface area contributed by atoms with Gasteiger partial charge in [-0.2, -0.15) is 4.37 Å². The van der Waals surface area contributed by atoms with Crippen molar-refractivity contribution in [1.29, 1.82) is 0 Å². The summed E-state index contributed by atoms with van der Waals surface area (Å²) in [5.41, 5.74) is -0.0671. The molecule has 1 aromatic heterocycles. The second-order valence-corrected chi connectivity index (χ2v) is 6.21. The average molecular weight is 245 g/mol. The molecule has 0 aliphatic heterocycles. The molecule has 1 aromatic rings. The van der Waals surface area contributed by atoms with Gasteiger partial charge in [0.1, 0.15) is 6.33 Å². The average Bonchev–Trinajstić information content (AvgIpc) is 2.89. The zero-order valence-corrected chi connectivity index (χ0v) is 10.3. The summed E-state index contributed by atoms with van der Waals surface area (Å²) in [6.07, 6.45) is 4.77. The molecule has 15 heavy (non-hydrogen) atoms. The molecule has 4 nitrogen and oxygen atoms in total. The van der Waals surface area contributed by atoms with Crippen LogP contribution in [0.1, 0.15) is 19.3 Å². The van der Waals surface area contributed by atoms with Crippen LogP contribution in [0.5, 0.6) is 0 Å². The largest absolute Gasteiger partial charge is 0.394 e. The van der Waals surface area contributed by atoms with Gasteiger partial charge in [0, 0.05) is 10.8 Å². The van der Waals surface area contributed by atoms with E-state index < -0.39 is 0 Å². The smallest absolute Gasteiger partial charge is 0.170 e. The molecule has 0 radical (unpaired) electrons. The third-order valence-electron chi connectivity index (χ3n) is 3.00. The third-order valence-corrected chi connectivity index (χ3v) is 5.02. The number of aliphatic hydroxyl groups excluding tert-OH is 1. The highest BCUT2D eigenvalue weighted by Gasteiger charge is 2.37. The van der Waals surface area contributed by atoms with Crippen LogP contribution in [-0.2, 0) is 0 Å². The van der Waals surface area contributed by atoms with Gasteiger partial charge in [-0.25, -0.2) is 4.98 Å². The van der Waals surface area contributed by atoms with Gasteiger partial charge in [0.25, 0.3) is 0 Å². The Bertz CT molecular complexity index is 300. The summed E-state index contributed by atoms with van der Waals surface area (Å²) < 4.78 is 5.02. The summed E-state index contributed by atoms with van der Waals surface area (Å²) >= 11 is 3.23. The van der Waals surface area contributed by atoms with E-state index in [-0.39, 0.29) is 12.1 Å². The molecule has 2 rings (SSSR count). The van der Waals surface area contributed by atoms with E-state index in [2.05, 4.69) is 14.7 Å². The summed E-state index contributed by atoms with van der Waals surface area (Å²) in [5.74, 6) is 0. The normalized spacial score (nSPS) is 30.9. The van der Waals surface area contributed by atoms with Crippen molar-refractivity contribution in [2.45, 2.75) is 34.4 Å². The van der Waals surface area contributed by atoms with Gasteiger partial charge in [0.05, 0.1) is 6.61 Å². The highest BCUT2D eigenvalue weighted by atomic mass is 32.2. The molecule has 6 heteroatoms. The van der Waals surface area contributed by atoms with Crippen LogP contribution in [-0.4, -0.2) is 38.9 Å². The molecule has 0 spiro atoms. The zero-order chi connectivity index (χ0) is 10.7. The van der Waals surface area contributed by atoms with Gasteiger partial charge in [-0.3, -0.25) is 0 Å². The first kappa shape index (κ1) is 11.3. The van der Waals surface area contributed by atoms with Crippen LogP contribution < -0.4 is 5.32 Å². The van der Waals surface area contributed by atoms with Gasteiger partial charge < -0.3 is 10.4 Å². The lowest BCUT2D eigenvalue weighted by molar-refractivity contribution is 0.173. The maximum atomic E-state index is 9.36. The Balaban J connectivity index is 1.92. The topological polar surface area (TPSA) is 58.0 Å². The second kappa shape index (κ2) is 4.78. The molecule has 2 unspecified atom stereocenters. The zero-order valence-electron chi connectivity index (χ0n) is 8.64. The van der Waals surface area contributed by atoms with E-state index in [1.54, 1.807) is 18.1 Å². The van der Waals surface area contributed by atoms with E-state index in [9.17, 15) is 5.11 Å². The van der Waals surface area contributed by atoms with E-state index in [1.807, 2.05) is 7.05 Å². The van der Waals surface area contributed by atoms with Crippen LogP contribution in [0.15, 0.2) is 10.7 Å². The molecule has 1 heterocycles. The van der Waals surface area contributed by atoms with Crippen molar-refractivity contribution in [1.82, 2.24) is 14.7 Å². The fraction of sp³-hybridized carbons (Fsp3) is 0.778. The fourth-order valence-electron chi connectivity index (χ4n) is 1.98. The molecule has 84 valence electrons. The number of aromatic nitrogens is 2. The minimum absolute atomic E-state index is 0.0671. The number of thioether (sulfide) groups is 1.